The van der Waals surface area contributed by atoms with Crippen molar-refractivity contribution in [2.45, 2.75) is 13.5 Å². The van der Waals surface area contributed by atoms with Gasteiger partial charge in [-0.25, -0.2) is 9.97 Å². The zero-order valence-corrected chi connectivity index (χ0v) is 18.8. The summed E-state index contributed by atoms with van der Waals surface area (Å²) in [5, 5.41) is 1.16. The molecule has 2 aromatic carbocycles. The number of thiophene rings is 1. The highest BCUT2D eigenvalue weighted by atomic mass is 32.1. The van der Waals surface area contributed by atoms with Crippen LogP contribution in [-0.2, 0) is 6.54 Å². The van der Waals surface area contributed by atoms with Crippen LogP contribution in [0.3, 0.4) is 0 Å². The minimum Gasteiger partial charge on any atom is -0.454 e. The van der Waals surface area contributed by atoms with E-state index < -0.39 is 0 Å². The molecule has 0 saturated carbocycles. The molecule has 4 heterocycles. The molecule has 2 aliphatic heterocycles. The summed E-state index contributed by atoms with van der Waals surface area (Å²) in [7, 11) is 0. The van der Waals surface area contributed by atoms with Gasteiger partial charge in [-0.1, -0.05) is 36.4 Å². The fourth-order valence-electron chi connectivity index (χ4n) is 4.40. The number of nitrogens with zero attached hydrogens (tertiary/aromatic N) is 4. The number of benzene rings is 2. The number of piperazine rings is 1. The molecule has 32 heavy (non-hydrogen) atoms. The Morgan fingerprint density at radius 2 is 1.72 bits per heavy atom. The lowest BCUT2D eigenvalue weighted by Crippen LogP contribution is -2.46. The first-order chi connectivity index (χ1) is 15.7. The maximum absolute atomic E-state index is 5.53. The maximum Gasteiger partial charge on any atom is 0.231 e. The van der Waals surface area contributed by atoms with Gasteiger partial charge in [0.05, 0.1) is 5.39 Å². The predicted octanol–water partition coefficient (Wildman–Crippen LogP) is 4.72. The minimum atomic E-state index is 0.317. The number of rotatable bonds is 4. The van der Waals surface area contributed by atoms with E-state index in [1.807, 2.05) is 24.3 Å². The van der Waals surface area contributed by atoms with Crippen LogP contribution in [0.5, 0.6) is 11.5 Å². The highest BCUT2D eigenvalue weighted by Crippen LogP contribution is 2.35. The average Bonchev–Trinajstić information content (AvgIpc) is 3.44. The fourth-order valence-corrected chi connectivity index (χ4v) is 5.27. The Balaban J connectivity index is 1.22. The number of aromatic nitrogens is 2. The molecule has 2 aromatic heterocycles. The lowest BCUT2D eigenvalue weighted by molar-refractivity contribution is 0.174. The fraction of sp³-hybridized carbons (Fsp3) is 0.280. The maximum atomic E-state index is 5.53. The van der Waals surface area contributed by atoms with Gasteiger partial charge in [0, 0.05) is 43.2 Å². The summed E-state index contributed by atoms with van der Waals surface area (Å²) in [6.07, 6.45) is 0. The van der Waals surface area contributed by atoms with E-state index in [1.165, 1.54) is 10.4 Å². The van der Waals surface area contributed by atoms with E-state index in [2.05, 4.69) is 47.1 Å². The van der Waals surface area contributed by atoms with Crippen LogP contribution in [0.25, 0.3) is 21.6 Å². The van der Waals surface area contributed by atoms with Gasteiger partial charge in [0.25, 0.3) is 0 Å². The molecule has 0 bridgehead atoms. The molecular weight excluding hydrogens is 420 g/mol. The summed E-state index contributed by atoms with van der Waals surface area (Å²) < 4.78 is 11.0. The lowest BCUT2D eigenvalue weighted by atomic mass is 10.1. The van der Waals surface area contributed by atoms with Crippen molar-refractivity contribution in [2.24, 2.45) is 0 Å². The number of hydrogen-bond acceptors (Lipinski definition) is 7. The molecule has 1 fully saturated rings. The standard InChI is InChI=1S/C25H24N4O2S/c1-17-13-20-24(26-23(27-25(20)32-17)19-5-3-2-4-6-19)29-11-9-28(10-12-29)15-18-7-8-21-22(14-18)31-16-30-21/h2-8,13-14H,9-12,15-16H2,1H3. The van der Waals surface area contributed by atoms with E-state index in [1.54, 1.807) is 11.3 Å². The van der Waals surface area contributed by atoms with Crippen LogP contribution >= 0.6 is 11.3 Å². The van der Waals surface area contributed by atoms with Crippen LogP contribution in [-0.4, -0.2) is 47.8 Å². The molecule has 0 amide bonds. The van der Waals surface area contributed by atoms with E-state index in [0.29, 0.717) is 6.79 Å². The van der Waals surface area contributed by atoms with E-state index in [0.717, 1.165) is 71.6 Å². The highest BCUT2D eigenvalue weighted by molar-refractivity contribution is 7.18. The van der Waals surface area contributed by atoms with E-state index in [9.17, 15) is 0 Å². The average molecular weight is 445 g/mol. The molecule has 0 spiro atoms. The van der Waals surface area contributed by atoms with Crippen LogP contribution < -0.4 is 14.4 Å². The molecule has 6 nitrogen and oxygen atoms in total. The molecule has 1 saturated heterocycles. The van der Waals surface area contributed by atoms with Gasteiger partial charge < -0.3 is 14.4 Å². The molecule has 0 N–H and O–H groups in total. The van der Waals surface area contributed by atoms with Gasteiger partial charge in [0.15, 0.2) is 17.3 Å². The normalized spacial score (nSPS) is 16.1. The number of anilines is 1. The topological polar surface area (TPSA) is 50.7 Å². The van der Waals surface area contributed by atoms with Crippen molar-refractivity contribution in [1.82, 2.24) is 14.9 Å². The zero-order chi connectivity index (χ0) is 21.5. The van der Waals surface area contributed by atoms with Crippen molar-refractivity contribution in [3.05, 3.63) is 65.0 Å². The number of hydrogen-bond donors (Lipinski definition) is 0. The van der Waals surface area contributed by atoms with Gasteiger partial charge in [-0.15, -0.1) is 11.3 Å². The molecule has 0 radical (unpaired) electrons. The Morgan fingerprint density at radius 3 is 2.56 bits per heavy atom. The van der Waals surface area contributed by atoms with Gasteiger partial charge in [-0.3, -0.25) is 4.90 Å². The smallest absolute Gasteiger partial charge is 0.231 e. The molecule has 0 aliphatic carbocycles. The monoisotopic (exact) mass is 444 g/mol. The summed E-state index contributed by atoms with van der Waals surface area (Å²) in [5.41, 5.74) is 2.31. The summed E-state index contributed by atoms with van der Waals surface area (Å²) in [5.74, 6) is 3.55. The zero-order valence-electron chi connectivity index (χ0n) is 18.0. The van der Waals surface area contributed by atoms with Gasteiger partial charge in [-0.05, 0) is 30.7 Å². The Hall–Kier alpha value is -3.16. The van der Waals surface area contributed by atoms with Crippen molar-refractivity contribution in [1.29, 1.82) is 0 Å². The first-order valence-electron chi connectivity index (χ1n) is 10.9. The number of ether oxygens (including phenoxy) is 2. The van der Waals surface area contributed by atoms with Gasteiger partial charge in [0.2, 0.25) is 6.79 Å². The van der Waals surface area contributed by atoms with Crippen molar-refractivity contribution in [2.75, 3.05) is 37.9 Å². The third-order valence-electron chi connectivity index (χ3n) is 6.04. The highest BCUT2D eigenvalue weighted by Gasteiger charge is 2.23. The van der Waals surface area contributed by atoms with Gasteiger partial charge in [0.1, 0.15) is 10.6 Å². The van der Waals surface area contributed by atoms with Crippen LogP contribution in [0.4, 0.5) is 5.82 Å². The summed E-state index contributed by atoms with van der Waals surface area (Å²) in [6.45, 7) is 7.24. The van der Waals surface area contributed by atoms with Crippen LogP contribution in [0, 0.1) is 6.92 Å². The van der Waals surface area contributed by atoms with Crippen LogP contribution in [0.2, 0.25) is 0 Å². The quantitative estimate of drug-likeness (QED) is 0.454. The van der Waals surface area contributed by atoms with Crippen molar-refractivity contribution >= 4 is 27.4 Å². The molecule has 162 valence electrons. The molecule has 0 unspecified atom stereocenters. The summed E-state index contributed by atoms with van der Waals surface area (Å²) in [4.78, 5) is 17.1. The Bertz CT molecular complexity index is 1270. The molecule has 2 aliphatic rings. The minimum absolute atomic E-state index is 0.317. The first kappa shape index (κ1) is 19.5. The second-order valence-electron chi connectivity index (χ2n) is 8.26. The van der Waals surface area contributed by atoms with E-state index >= 15 is 0 Å². The summed E-state index contributed by atoms with van der Waals surface area (Å²) >= 11 is 1.74. The molecule has 0 atom stereocenters. The first-order valence-corrected chi connectivity index (χ1v) is 11.7. The van der Waals surface area contributed by atoms with E-state index in [-0.39, 0.29) is 0 Å². The van der Waals surface area contributed by atoms with Crippen molar-refractivity contribution in [3.8, 4) is 22.9 Å². The third-order valence-corrected chi connectivity index (χ3v) is 6.99. The number of aryl methyl sites for hydroxylation is 1. The number of fused-ring (bicyclic) bond motifs is 2. The SMILES string of the molecule is Cc1cc2c(N3CCN(Cc4ccc5c(c4)OCO5)CC3)nc(-c3ccccc3)nc2s1. The summed E-state index contributed by atoms with van der Waals surface area (Å²) in [6, 6.07) is 18.7. The Labute approximate surface area is 191 Å². The largest absolute Gasteiger partial charge is 0.454 e. The molecular formula is C25H24N4O2S. The molecule has 7 heteroatoms. The Morgan fingerprint density at radius 1 is 0.906 bits per heavy atom. The predicted molar refractivity (Wildman–Crippen MR) is 128 cm³/mol. The van der Waals surface area contributed by atoms with Crippen LogP contribution in [0.1, 0.15) is 10.4 Å². The Kier molecular flexibility index (Phi) is 4.92. The molecule has 6 rings (SSSR count). The van der Waals surface area contributed by atoms with Crippen molar-refractivity contribution < 1.29 is 9.47 Å². The van der Waals surface area contributed by atoms with Gasteiger partial charge in [-0.2, -0.15) is 0 Å². The van der Waals surface area contributed by atoms with Crippen molar-refractivity contribution in [3.63, 3.8) is 0 Å². The van der Waals surface area contributed by atoms with Crippen LogP contribution in [0.15, 0.2) is 54.6 Å². The second-order valence-corrected chi connectivity index (χ2v) is 9.50. The lowest BCUT2D eigenvalue weighted by Gasteiger charge is -2.35. The van der Waals surface area contributed by atoms with E-state index in [4.69, 9.17) is 19.4 Å². The molecule has 4 aromatic rings. The van der Waals surface area contributed by atoms with Gasteiger partial charge >= 0.3 is 0 Å². The third kappa shape index (κ3) is 3.67. The second kappa shape index (κ2) is 8.07.